The van der Waals surface area contributed by atoms with Crippen molar-refractivity contribution in [2.45, 2.75) is 32.7 Å². The van der Waals surface area contributed by atoms with Crippen molar-refractivity contribution in [2.75, 3.05) is 6.61 Å². The highest BCUT2D eigenvalue weighted by molar-refractivity contribution is 5.76. The molecule has 3 nitrogen and oxygen atoms in total. The molecule has 2 aromatic carbocycles. The zero-order valence-corrected chi connectivity index (χ0v) is 13.5. The number of para-hydroxylation sites is 1. The monoisotopic (exact) mass is 315 g/mol. The van der Waals surface area contributed by atoms with Crippen molar-refractivity contribution < 1.29 is 13.9 Å². The molecule has 0 saturated heterocycles. The van der Waals surface area contributed by atoms with Gasteiger partial charge in [-0.15, -0.1) is 0 Å². The Hall–Kier alpha value is -2.36. The summed E-state index contributed by atoms with van der Waals surface area (Å²) in [4.78, 5) is 11.9. The highest BCUT2D eigenvalue weighted by Gasteiger charge is 2.10. The fourth-order valence-corrected chi connectivity index (χ4v) is 2.27. The summed E-state index contributed by atoms with van der Waals surface area (Å²) in [5, 5.41) is 2.87. The molecule has 0 aromatic heterocycles. The number of ether oxygens (including phenoxy) is 1. The third-order valence-electron chi connectivity index (χ3n) is 3.57. The second-order valence-corrected chi connectivity index (χ2v) is 5.64. The quantitative estimate of drug-likeness (QED) is 0.847. The molecule has 0 aliphatic carbocycles. The number of rotatable bonds is 7. The number of nitrogens with one attached hydrogen (secondary N) is 1. The summed E-state index contributed by atoms with van der Waals surface area (Å²) in [5.41, 5.74) is 1.62. The van der Waals surface area contributed by atoms with Gasteiger partial charge in [-0.3, -0.25) is 4.79 Å². The first-order valence-electron chi connectivity index (χ1n) is 7.77. The molecule has 122 valence electrons. The molecule has 0 bridgehead atoms. The van der Waals surface area contributed by atoms with Crippen LogP contribution in [0.1, 0.15) is 24.5 Å². The zero-order valence-electron chi connectivity index (χ0n) is 13.5. The predicted octanol–water partition coefficient (Wildman–Crippen LogP) is 3.65. The normalized spacial score (nSPS) is 11.8. The molecule has 0 radical (unpaired) electrons. The SMILES string of the molecule is Cc1ccccc1OC[C@H](C)NC(=O)CCc1ccccc1F. The van der Waals surface area contributed by atoms with E-state index >= 15 is 0 Å². The fraction of sp³-hybridized carbons (Fsp3) is 0.316. The van der Waals surface area contributed by atoms with E-state index in [1.165, 1.54) is 6.07 Å². The van der Waals surface area contributed by atoms with E-state index in [1.807, 2.05) is 38.1 Å². The molecule has 0 spiro atoms. The predicted molar refractivity (Wildman–Crippen MR) is 89.0 cm³/mol. The summed E-state index contributed by atoms with van der Waals surface area (Å²) in [7, 11) is 0. The Bertz CT molecular complexity index is 657. The van der Waals surface area contributed by atoms with Crippen LogP contribution >= 0.6 is 0 Å². The van der Waals surface area contributed by atoms with Gasteiger partial charge in [0.2, 0.25) is 5.91 Å². The van der Waals surface area contributed by atoms with Gasteiger partial charge in [-0.05, 0) is 43.5 Å². The molecule has 1 amide bonds. The van der Waals surface area contributed by atoms with Crippen LogP contribution in [0.5, 0.6) is 5.75 Å². The summed E-state index contributed by atoms with van der Waals surface area (Å²) < 4.78 is 19.2. The van der Waals surface area contributed by atoms with Crippen LogP contribution in [0.4, 0.5) is 4.39 Å². The molecule has 0 fully saturated rings. The molecule has 0 saturated carbocycles. The van der Waals surface area contributed by atoms with Gasteiger partial charge in [0.15, 0.2) is 0 Å². The molecule has 2 rings (SSSR count). The Morgan fingerprint density at radius 3 is 2.61 bits per heavy atom. The van der Waals surface area contributed by atoms with E-state index in [2.05, 4.69) is 5.32 Å². The maximum atomic E-state index is 13.5. The number of aryl methyl sites for hydroxylation is 2. The van der Waals surface area contributed by atoms with E-state index in [1.54, 1.807) is 18.2 Å². The Labute approximate surface area is 136 Å². The Kier molecular flexibility index (Phi) is 6.15. The first kappa shape index (κ1) is 17.0. The van der Waals surface area contributed by atoms with E-state index in [0.717, 1.165) is 11.3 Å². The van der Waals surface area contributed by atoms with Crippen LogP contribution in [0, 0.1) is 12.7 Å². The molecule has 2 aromatic rings. The van der Waals surface area contributed by atoms with Gasteiger partial charge < -0.3 is 10.1 Å². The maximum Gasteiger partial charge on any atom is 0.220 e. The largest absolute Gasteiger partial charge is 0.491 e. The zero-order chi connectivity index (χ0) is 16.7. The van der Waals surface area contributed by atoms with Gasteiger partial charge in [-0.1, -0.05) is 36.4 Å². The van der Waals surface area contributed by atoms with Gasteiger partial charge in [-0.25, -0.2) is 4.39 Å². The van der Waals surface area contributed by atoms with Crippen LogP contribution in [0.15, 0.2) is 48.5 Å². The average molecular weight is 315 g/mol. The fourth-order valence-electron chi connectivity index (χ4n) is 2.27. The number of carbonyl (C=O) groups is 1. The number of amides is 1. The molecular formula is C19H22FNO2. The van der Waals surface area contributed by atoms with Gasteiger partial charge in [0, 0.05) is 6.42 Å². The van der Waals surface area contributed by atoms with Gasteiger partial charge in [0.25, 0.3) is 0 Å². The second kappa shape index (κ2) is 8.32. The molecule has 0 aliphatic rings. The van der Waals surface area contributed by atoms with Crippen LogP contribution in [-0.4, -0.2) is 18.6 Å². The first-order valence-corrected chi connectivity index (χ1v) is 7.77. The summed E-state index contributed by atoms with van der Waals surface area (Å²) in [6, 6.07) is 14.2. The molecule has 0 aliphatic heterocycles. The summed E-state index contributed by atoms with van der Waals surface area (Å²) in [6.45, 7) is 4.27. The molecule has 23 heavy (non-hydrogen) atoms. The number of carbonyl (C=O) groups excluding carboxylic acids is 1. The van der Waals surface area contributed by atoms with Crippen molar-refractivity contribution in [3.63, 3.8) is 0 Å². The van der Waals surface area contributed by atoms with Gasteiger partial charge in [-0.2, -0.15) is 0 Å². The minimum atomic E-state index is -0.267. The summed E-state index contributed by atoms with van der Waals surface area (Å²) >= 11 is 0. The van der Waals surface area contributed by atoms with Crippen LogP contribution in [0.3, 0.4) is 0 Å². The van der Waals surface area contributed by atoms with Gasteiger partial charge in [0.1, 0.15) is 18.2 Å². The molecule has 1 atom stereocenters. The Balaban J connectivity index is 1.74. The minimum Gasteiger partial charge on any atom is -0.491 e. The molecule has 1 N–H and O–H groups in total. The van der Waals surface area contributed by atoms with Crippen molar-refractivity contribution >= 4 is 5.91 Å². The maximum absolute atomic E-state index is 13.5. The minimum absolute atomic E-state index is 0.103. The molecule has 4 heteroatoms. The van der Waals surface area contributed by atoms with Crippen molar-refractivity contribution in [3.05, 3.63) is 65.5 Å². The highest BCUT2D eigenvalue weighted by Crippen LogP contribution is 2.16. The van der Waals surface area contributed by atoms with Crippen LogP contribution < -0.4 is 10.1 Å². The standard InChI is InChI=1S/C19H22FNO2/c1-14-7-3-6-10-18(14)23-13-15(2)21-19(22)12-11-16-8-4-5-9-17(16)20/h3-10,15H,11-13H2,1-2H3,(H,21,22)/t15-/m0/s1. The van der Waals surface area contributed by atoms with E-state index in [-0.39, 0.29) is 24.2 Å². The average Bonchev–Trinajstić information content (AvgIpc) is 2.53. The third-order valence-corrected chi connectivity index (χ3v) is 3.57. The highest BCUT2D eigenvalue weighted by atomic mass is 19.1. The Morgan fingerprint density at radius 2 is 1.87 bits per heavy atom. The van der Waals surface area contributed by atoms with E-state index in [9.17, 15) is 9.18 Å². The summed E-state index contributed by atoms with van der Waals surface area (Å²) in [6.07, 6.45) is 0.652. The van der Waals surface area contributed by atoms with Crippen LogP contribution in [0.25, 0.3) is 0 Å². The van der Waals surface area contributed by atoms with Gasteiger partial charge >= 0.3 is 0 Å². The molecular weight excluding hydrogens is 293 g/mol. The summed E-state index contributed by atoms with van der Waals surface area (Å²) in [5.74, 6) is 0.449. The van der Waals surface area contributed by atoms with Crippen molar-refractivity contribution in [3.8, 4) is 5.75 Å². The lowest BCUT2D eigenvalue weighted by molar-refractivity contribution is -0.121. The first-order chi connectivity index (χ1) is 11.1. The Morgan fingerprint density at radius 1 is 1.17 bits per heavy atom. The van der Waals surface area contributed by atoms with E-state index < -0.39 is 0 Å². The number of halogens is 1. The van der Waals surface area contributed by atoms with E-state index in [0.29, 0.717) is 18.6 Å². The number of hydrogen-bond donors (Lipinski definition) is 1. The van der Waals surface area contributed by atoms with Crippen LogP contribution in [0.2, 0.25) is 0 Å². The smallest absolute Gasteiger partial charge is 0.220 e. The lowest BCUT2D eigenvalue weighted by Crippen LogP contribution is -2.37. The number of benzene rings is 2. The van der Waals surface area contributed by atoms with Crippen molar-refractivity contribution in [1.29, 1.82) is 0 Å². The molecule has 0 unspecified atom stereocenters. The lowest BCUT2D eigenvalue weighted by atomic mass is 10.1. The number of hydrogen-bond acceptors (Lipinski definition) is 2. The third kappa shape index (κ3) is 5.40. The topological polar surface area (TPSA) is 38.3 Å². The van der Waals surface area contributed by atoms with Crippen molar-refractivity contribution in [2.24, 2.45) is 0 Å². The van der Waals surface area contributed by atoms with Crippen LogP contribution in [-0.2, 0) is 11.2 Å². The van der Waals surface area contributed by atoms with Crippen molar-refractivity contribution in [1.82, 2.24) is 5.32 Å². The van der Waals surface area contributed by atoms with Gasteiger partial charge in [0.05, 0.1) is 6.04 Å². The molecule has 0 heterocycles. The van der Waals surface area contributed by atoms with E-state index in [4.69, 9.17) is 4.74 Å². The lowest BCUT2D eigenvalue weighted by Gasteiger charge is -2.16. The second-order valence-electron chi connectivity index (χ2n) is 5.64.